The second-order valence-corrected chi connectivity index (χ2v) is 7.63. The normalized spacial score (nSPS) is 17.0. The van der Waals surface area contributed by atoms with Crippen molar-refractivity contribution < 1.29 is 31.1 Å². The van der Waals surface area contributed by atoms with Crippen LogP contribution in [0.2, 0.25) is 0 Å². The van der Waals surface area contributed by atoms with Gasteiger partial charge < -0.3 is 9.64 Å². The van der Waals surface area contributed by atoms with E-state index in [2.05, 4.69) is 4.74 Å². The van der Waals surface area contributed by atoms with E-state index in [1.165, 1.54) is 23.2 Å². The third-order valence-corrected chi connectivity index (χ3v) is 4.29. The van der Waals surface area contributed by atoms with E-state index in [-0.39, 0.29) is 18.1 Å². The number of halogens is 3. The minimum atomic E-state index is -4.81. The van der Waals surface area contributed by atoms with E-state index in [1.807, 2.05) is 0 Å². The number of amides is 1. The van der Waals surface area contributed by atoms with Gasteiger partial charge in [-0.05, 0) is 24.1 Å². The lowest BCUT2D eigenvalue weighted by atomic mass is 10.0. The van der Waals surface area contributed by atoms with Crippen LogP contribution in [0.15, 0.2) is 36.5 Å². The molecule has 1 unspecified atom stereocenters. The number of benzene rings is 1. The molecular weight excluding hydrogens is 347 g/mol. The van der Waals surface area contributed by atoms with Gasteiger partial charge in [-0.15, -0.1) is 13.2 Å². The maximum atomic E-state index is 12.2. The zero-order chi connectivity index (χ0) is 18.0. The fourth-order valence-electron chi connectivity index (χ4n) is 2.40. The SMILES string of the molecule is CS(=O)(=O)CC(c1ccc(OC(F)(F)F)cc1)N1C=CCCC1=O. The van der Waals surface area contributed by atoms with Crippen molar-refractivity contribution in [2.45, 2.75) is 25.2 Å². The van der Waals surface area contributed by atoms with Crippen molar-refractivity contribution in [3.05, 3.63) is 42.1 Å². The lowest BCUT2D eigenvalue weighted by Crippen LogP contribution is -2.35. The van der Waals surface area contributed by atoms with Gasteiger partial charge in [0.05, 0.1) is 11.8 Å². The summed E-state index contributed by atoms with van der Waals surface area (Å²) in [7, 11) is -3.42. The standard InChI is InChI=1S/C15H16F3NO4S/c1-24(21,22)10-13(19-9-3-2-4-14(19)20)11-5-7-12(8-6-11)23-15(16,17)18/h3,5-9,13H,2,4,10H2,1H3. The summed E-state index contributed by atoms with van der Waals surface area (Å²) in [5, 5.41) is 0. The molecule has 1 heterocycles. The first-order valence-electron chi connectivity index (χ1n) is 7.06. The third kappa shape index (κ3) is 5.26. The number of carbonyl (C=O) groups is 1. The van der Waals surface area contributed by atoms with Gasteiger partial charge in [0, 0.05) is 18.9 Å². The van der Waals surface area contributed by atoms with Gasteiger partial charge >= 0.3 is 6.36 Å². The summed E-state index contributed by atoms with van der Waals surface area (Å²) in [5.74, 6) is -0.977. The maximum Gasteiger partial charge on any atom is 0.573 e. The molecule has 0 saturated heterocycles. The van der Waals surface area contributed by atoms with Crippen LogP contribution in [0.3, 0.4) is 0 Å². The maximum absolute atomic E-state index is 12.2. The lowest BCUT2D eigenvalue weighted by molar-refractivity contribution is -0.274. The highest BCUT2D eigenvalue weighted by atomic mass is 32.2. The van der Waals surface area contributed by atoms with Crippen molar-refractivity contribution in [2.24, 2.45) is 0 Å². The van der Waals surface area contributed by atoms with Crippen molar-refractivity contribution in [1.82, 2.24) is 4.90 Å². The van der Waals surface area contributed by atoms with Gasteiger partial charge in [-0.2, -0.15) is 0 Å². The van der Waals surface area contributed by atoms with Crippen molar-refractivity contribution in [2.75, 3.05) is 12.0 Å². The average Bonchev–Trinajstić information content (AvgIpc) is 2.44. The molecule has 1 aliphatic rings. The van der Waals surface area contributed by atoms with Crippen LogP contribution < -0.4 is 4.74 Å². The quantitative estimate of drug-likeness (QED) is 0.807. The minimum Gasteiger partial charge on any atom is -0.406 e. The number of alkyl halides is 3. The molecule has 0 fully saturated rings. The molecule has 9 heteroatoms. The zero-order valence-corrected chi connectivity index (χ0v) is 13.6. The van der Waals surface area contributed by atoms with E-state index < -0.39 is 28.0 Å². The number of ether oxygens (including phenoxy) is 1. The Bertz CT molecular complexity index is 726. The van der Waals surface area contributed by atoms with Crippen LogP contribution in [0.4, 0.5) is 13.2 Å². The van der Waals surface area contributed by atoms with Crippen molar-refractivity contribution >= 4 is 15.7 Å². The van der Waals surface area contributed by atoms with E-state index in [0.717, 1.165) is 18.4 Å². The average molecular weight is 363 g/mol. The molecule has 132 valence electrons. The van der Waals surface area contributed by atoms with Gasteiger partial charge in [-0.1, -0.05) is 18.2 Å². The molecular formula is C15H16F3NO4S. The van der Waals surface area contributed by atoms with Crippen LogP contribution in [0, 0.1) is 0 Å². The zero-order valence-electron chi connectivity index (χ0n) is 12.8. The van der Waals surface area contributed by atoms with Crippen molar-refractivity contribution in [3.63, 3.8) is 0 Å². The van der Waals surface area contributed by atoms with E-state index in [9.17, 15) is 26.4 Å². The molecule has 0 N–H and O–H groups in total. The van der Waals surface area contributed by atoms with Gasteiger partial charge in [-0.25, -0.2) is 8.42 Å². The minimum absolute atomic E-state index is 0.234. The van der Waals surface area contributed by atoms with Gasteiger partial charge in [0.25, 0.3) is 0 Å². The van der Waals surface area contributed by atoms with Crippen LogP contribution in [0.25, 0.3) is 0 Å². The highest BCUT2D eigenvalue weighted by Crippen LogP contribution is 2.29. The Morgan fingerprint density at radius 2 is 1.88 bits per heavy atom. The fraction of sp³-hybridized carbons (Fsp3) is 0.400. The fourth-order valence-corrected chi connectivity index (χ4v) is 3.33. The van der Waals surface area contributed by atoms with E-state index >= 15 is 0 Å². The summed E-state index contributed by atoms with van der Waals surface area (Å²) in [5.41, 5.74) is 0.412. The van der Waals surface area contributed by atoms with E-state index in [4.69, 9.17) is 0 Å². The molecule has 1 atom stereocenters. The summed E-state index contributed by atoms with van der Waals surface area (Å²) < 4.78 is 63.8. The molecule has 0 bridgehead atoms. The smallest absolute Gasteiger partial charge is 0.406 e. The van der Waals surface area contributed by atoms with E-state index in [0.29, 0.717) is 12.0 Å². The Balaban J connectivity index is 2.31. The highest BCUT2D eigenvalue weighted by molar-refractivity contribution is 7.90. The van der Waals surface area contributed by atoms with Crippen LogP contribution in [0.1, 0.15) is 24.4 Å². The second-order valence-electron chi connectivity index (χ2n) is 5.45. The molecule has 1 aromatic carbocycles. The summed E-state index contributed by atoms with van der Waals surface area (Å²) >= 11 is 0. The lowest BCUT2D eigenvalue weighted by Gasteiger charge is -2.31. The molecule has 0 aromatic heterocycles. The molecule has 1 aromatic rings. The number of nitrogens with zero attached hydrogens (tertiary/aromatic N) is 1. The summed E-state index contributed by atoms with van der Waals surface area (Å²) in [6.07, 6.45) is 0.323. The second kappa shape index (κ2) is 6.84. The predicted molar refractivity (Wildman–Crippen MR) is 80.8 cm³/mol. The number of hydrogen-bond donors (Lipinski definition) is 0. The Labute approximate surface area is 137 Å². The number of sulfone groups is 1. The van der Waals surface area contributed by atoms with E-state index in [1.54, 1.807) is 6.08 Å². The first-order chi connectivity index (χ1) is 11.1. The molecule has 1 aliphatic heterocycles. The molecule has 2 rings (SSSR count). The van der Waals surface area contributed by atoms with Gasteiger partial charge in [-0.3, -0.25) is 4.79 Å². The molecule has 0 saturated carbocycles. The van der Waals surface area contributed by atoms with Crippen LogP contribution in [0.5, 0.6) is 5.75 Å². The predicted octanol–water partition coefficient (Wildman–Crippen LogP) is 2.81. The first-order valence-corrected chi connectivity index (χ1v) is 9.12. The number of rotatable bonds is 5. The molecule has 1 amide bonds. The number of carbonyl (C=O) groups excluding carboxylic acids is 1. The van der Waals surface area contributed by atoms with Gasteiger partial charge in [0.2, 0.25) is 5.91 Å². The summed E-state index contributed by atoms with van der Waals surface area (Å²) in [6, 6.07) is 4.04. The Hall–Kier alpha value is -2.03. The number of hydrogen-bond acceptors (Lipinski definition) is 4. The summed E-state index contributed by atoms with van der Waals surface area (Å²) in [4.78, 5) is 13.4. The largest absolute Gasteiger partial charge is 0.573 e. The van der Waals surface area contributed by atoms with Gasteiger partial charge in [0.15, 0.2) is 0 Å². The first kappa shape index (κ1) is 18.3. The highest BCUT2D eigenvalue weighted by Gasteiger charge is 2.32. The van der Waals surface area contributed by atoms with Gasteiger partial charge in [0.1, 0.15) is 15.6 Å². The summed E-state index contributed by atoms with van der Waals surface area (Å²) in [6.45, 7) is 0. The Kier molecular flexibility index (Phi) is 5.22. The molecule has 5 nitrogen and oxygen atoms in total. The molecule has 0 spiro atoms. The van der Waals surface area contributed by atoms with Crippen LogP contribution >= 0.6 is 0 Å². The molecule has 24 heavy (non-hydrogen) atoms. The topological polar surface area (TPSA) is 63.7 Å². The number of allylic oxidation sites excluding steroid dienone is 1. The monoisotopic (exact) mass is 363 g/mol. The van der Waals surface area contributed by atoms with Crippen LogP contribution in [-0.2, 0) is 14.6 Å². The molecule has 0 radical (unpaired) electrons. The van der Waals surface area contributed by atoms with Crippen molar-refractivity contribution in [1.29, 1.82) is 0 Å². The van der Waals surface area contributed by atoms with Crippen LogP contribution in [-0.4, -0.2) is 37.6 Å². The Morgan fingerprint density at radius 3 is 2.38 bits per heavy atom. The van der Waals surface area contributed by atoms with Crippen molar-refractivity contribution in [3.8, 4) is 5.75 Å². The Morgan fingerprint density at radius 1 is 1.25 bits per heavy atom. The third-order valence-electron chi connectivity index (χ3n) is 3.37. The molecule has 0 aliphatic carbocycles.